The lowest BCUT2D eigenvalue weighted by Crippen LogP contribution is -2.37. The molecule has 4 rings (SSSR count). The van der Waals surface area contributed by atoms with Gasteiger partial charge in [0.05, 0.1) is 16.3 Å². The highest BCUT2D eigenvalue weighted by Gasteiger charge is 2.33. The first-order chi connectivity index (χ1) is 15.3. The second kappa shape index (κ2) is 8.72. The first-order valence-electron chi connectivity index (χ1n) is 9.66. The molecule has 2 amide bonds. The minimum Gasteiger partial charge on any atom is -0.348 e. The average Bonchev–Trinajstić information content (AvgIpc) is 2.81. The molecule has 3 aromatic rings. The number of benzene rings is 2. The first-order valence-corrected chi connectivity index (χ1v) is 10.0. The summed E-state index contributed by atoms with van der Waals surface area (Å²) in [7, 11) is 1.54. The molecule has 0 aliphatic carbocycles. The standard InChI is InChI=1S/C24H17ClFN3O3/c1-29-21-5-3-16(23(31)28-13-14-6-8-27-9-7-14)12-17(21)22(30)18(24(29)32)10-15-2-4-20(26)19(25)11-15/h2-12H,13H2,1H3,(H,28,31)/b18-10-. The lowest BCUT2D eigenvalue weighted by molar-refractivity contribution is -0.114. The molecule has 0 spiro atoms. The van der Waals surface area contributed by atoms with Gasteiger partial charge in [0.1, 0.15) is 5.82 Å². The zero-order chi connectivity index (χ0) is 22.8. The van der Waals surface area contributed by atoms with Crippen LogP contribution in [-0.2, 0) is 11.3 Å². The number of ketones is 1. The van der Waals surface area contributed by atoms with Gasteiger partial charge >= 0.3 is 0 Å². The summed E-state index contributed by atoms with van der Waals surface area (Å²) in [5, 5.41) is 2.68. The van der Waals surface area contributed by atoms with Crippen LogP contribution >= 0.6 is 11.6 Å². The van der Waals surface area contributed by atoms with Crippen LogP contribution in [0.25, 0.3) is 6.08 Å². The summed E-state index contributed by atoms with van der Waals surface area (Å²) in [5.41, 5.74) is 2.12. The molecule has 0 saturated carbocycles. The molecule has 0 unspecified atom stereocenters. The van der Waals surface area contributed by atoms with Gasteiger partial charge in [-0.2, -0.15) is 0 Å². The topological polar surface area (TPSA) is 79.4 Å². The van der Waals surface area contributed by atoms with Gasteiger partial charge in [0, 0.05) is 37.1 Å². The number of carbonyl (C=O) groups excluding carboxylic acids is 3. The van der Waals surface area contributed by atoms with Crippen LogP contribution < -0.4 is 10.2 Å². The molecule has 160 valence electrons. The second-order valence-corrected chi connectivity index (χ2v) is 7.60. The third-order valence-corrected chi connectivity index (χ3v) is 5.39. The van der Waals surface area contributed by atoms with E-state index in [9.17, 15) is 18.8 Å². The van der Waals surface area contributed by atoms with E-state index >= 15 is 0 Å². The van der Waals surface area contributed by atoms with Crippen LogP contribution in [0.5, 0.6) is 0 Å². The Labute approximate surface area is 188 Å². The van der Waals surface area contributed by atoms with Crippen molar-refractivity contribution in [1.29, 1.82) is 0 Å². The molecule has 1 aliphatic heterocycles. The molecular formula is C24H17ClFN3O3. The molecule has 0 atom stereocenters. The number of fused-ring (bicyclic) bond motifs is 1. The number of pyridine rings is 1. The Kier molecular flexibility index (Phi) is 5.83. The number of aromatic nitrogens is 1. The Bertz CT molecular complexity index is 1270. The predicted molar refractivity (Wildman–Crippen MR) is 119 cm³/mol. The van der Waals surface area contributed by atoms with Crippen LogP contribution in [0, 0.1) is 5.82 Å². The lowest BCUT2D eigenvalue weighted by Gasteiger charge is -2.27. The third kappa shape index (κ3) is 4.15. The summed E-state index contributed by atoms with van der Waals surface area (Å²) in [4.78, 5) is 43.8. The molecule has 0 fully saturated rings. The van der Waals surface area contributed by atoms with E-state index in [2.05, 4.69) is 10.3 Å². The summed E-state index contributed by atoms with van der Waals surface area (Å²) in [6, 6.07) is 12.1. The van der Waals surface area contributed by atoms with Crippen LogP contribution in [0.3, 0.4) is 0 Å². The number of halogens is 2. The van der Waals surface area contributed by atoms with Crippen LogP contribution in [-0.4, -0.2) is 29.6 Å². The number of rotatable bonds is 4. The Morgan fingerprint density at radius 1 is 1.12 bits per heavy atom. The van der Waals surface area contributed by atoms with E-state index in [0.717, 1.165) is 11.6 Å². The van der Waals surface area contributed by atoms with Crippen molar-refractivity contribution in [2.45, 2.75) is 6.54 Å². The Morgan fingerprint density at radius 2 is 1.88 bits per heavy atom. The number of anilines is 1. The quantitative estimate of drug-likeness (QED) is 0.481. The largest absolute Gasteiger partial charge is 0.348 e. The van der Waals surface area contributed by atoms with E-state index in [1.165, 1.54) is 29.2 Å². The number of Topliss-reactive ketones (excluding diaryl/α,β-unsaturated/α-hetero) is 1. The summed E-state index contributed by atoms with van der Waals surface area (Å²) in [6.07, 6.45) is 4.63. The maximum Gasteiger partial charge on any atom is 0.262 e. The summed E-state index contributed by atoms with van der Waals surface area (Å²) >= 11 is 5.81. The maximum absolute atomic E-state index is 13.4. The normalized spacial score (nSPS) is 14.5. The van der Waals surface area contributed by atoms with Crippen molar-refractivity contribution in [3.8, 4) is 0 Å². The molecule has 0 bridgehead atoms. The number of nitrogens with zero attached hydrogens (tertiary/aromatic N) is 2. The molecule has 6 nitrogen and oxygen atoms in total. The van der Waals surface area contributed by atoms with Gasteiger partial charge in [0.15, 0.2) is 0 Å². The van der Waals surface area contributed by atoms with Crippen LogP contribution in [0.15, 0.2) is 66.5 Å². The van der Waals surface area contributed by atoms with Crippen LogP contribution in [0.2, 0.25) is 5.02 Å². The zero-order valence-corrected chi connectivity index (χ0v) is 17.7. The fourth-order valence-corrected chi connectivity index (χ4v) is 3.55. The monoisotopic (exact) mass is 449 g/mol. The third-order valence-electron chi connectivity index (χ3n) is 5.10. The van der Waals surface area contributed by atoms with E-state index in [1.807, 2.05) is 0 Å². The van der Waals surface area contributed by atoms with E-state index in [4.69, 9.17) is 11.6 Å². The number of carbonyl (C=O) groups is 3. The van der Waals surface area contributed by atoms with Crippen molar-refractivity contribution in [2.75, 3.05) is 11.9 Å². The van der Waals surface area contributed by atoms with E-state index in [0.29, 0.717) is 17.8 Å². The Morgan fingerprint density at radius 3 is 2.59 bits per heavy atom. The van der Waals surface area contributed by atoms with Gasteiger partial charge in [0.2, 0.25) is 5.78 Å². The number of amides is 2. The highest BCUT2D eigenvalue weighted by Crippen LogP contribution is 2.31. The molecule has 32 heavy (non-hydrogen) atoms. The van der Waals surface area contributed by atoms with Crippen molar-refractivity contribution in [1.82, 2.24) is 10.3 Å². The minimum atomic E-state index is -0.597. The molecule has 8 heteroatoms. The number of nitrogens with one attached hydrogen (secondary N) is 1. The van der Waals surface area contributed by atoms with Gasteiger partial charge in [-0.25, -0.2) is 4.39 Å². The SMILES string of the molecule is CN1C(=O)/C(=C\c2ccc(F)c(Cl)c2)C(=O)c2cc(C(=O)NCc3ccncc3)ccc21. The molecular weight excluding hydrogens is 433 g/mol. The Hall–Kier alpha value is -3.84. The molecule has 1 aromatic heterocycles. The van der Waals surface area contributed by atoms with Gasteiger partial charge in [-0.3, -0.25) is 19.4 Å². The Balaban J connectivity index is 1.64. The second-order valence-electron chi connectivity index (χ2n) is 7.19. The maximum atomic E-state index is 13.4. The van der Waals surface area contributed by atoms with Gasteiger partial charge in [-0.15, -0.1) is 0 Å². The molecule has 0 radical (unpaired) electrons. The van der Waals surface area contributed by atoms with Gasteiger partial charge in [0.25, 0.3) is 11.8 Å². The van der Waals surface area contributed by atoms with Crippen molar-refractivity contribution in [3.63, 3.8) is 0 Å². The lowest BCUT2D eigenvalue weighted by atomic mass is 9.92. The van der Waals surface area contributed by atoms with Crippen molar-refractivity contribution in [3.05, 3.63) is 99.6 Å². The number of hydrogen-bond donors (Lipinski definition) is 1. The zero-order valence-electron chi connectivity index (χ0n) is 16.9. The molecule has 0 saturated heterocycles. The summed E-state index contributed by atoms with van der Waals surface area (Å²) in [6.45, 7) is 0.307. The van der Waals surface area contributed by atoms with Crippen LogP contribution in [0.1, 0.15) is 31.8 Å². The highest BCUT2D eigenvalue weighted by atomic mass is 35.5. The van der Waals surface area contributed by atoms with Crippen molar-refractivity contribution < 1.29 is 18.8 Å². The predicted octanol–water partition coefficient (Wildman–Crippen LogP) is 4.05. The summed E-state index contributed by atoms with van der Waals surface area (Å²) < 4.78 is 13.4. The summed E-state index contributed by atoms with van der Waals surface area (Å²) in [5.74, 6) is -1.97. The molecule has 1 N–H and O–H groups in total. The van der Waals surface area contributed by atoms with Gasteiger partial charge in [-0.05, 0) is 59.7 Å². The fraction of sp³-hybridized carbons (Fsp3) is 0.0833. The van der Waals surface area contributed by atoms with Gasteiger partial charge < -0.3 is 10.2 Å². The number of hydrogen-bond acceptors (Lipinski definition) is 4. The molecule has 2 aromatic carbocycles. The van der Waals surface area contributed by atoms with Gasteiger partial charge in [-0.1, -0.05) is 17.7 Å². The first kappa shape index (κ1) is 21.4. The van der Waals surface area contributed by atoms with Crippen molar-refractivity contribution >= 4 is 41.0 Å². The van der Waals surface area contributed by atoms with Crippen molar-refractivity contribution in [2.24, 2.45) is 0 Å². The highest BCUT2D eigenvalue weighted by molar-refractivity contribution is 6.37. The average molecular weight is 450 g/mol. The number of likely N-dealkylation sites (N-methyl/N-ethyl adjacent to an activating group) is 1. The van der Waals surface area contributed by atoms with E-state index in [1.54, 1.807) is 43.7 Å². The minimum absolute atomic E-state index is 0.1000. The van der Waals surface area contributed by atoms with E-state index in [-0.39, 0.29) is 27.6 Å². The molecule has 1 aliphatic rings. The van der Waals surface area contributed by atoms with E-state index < -0.39 is 17.5 Å². The molecule has 2 heterocycles. The smallest absolute Gasteiger partial charge is 0.262 e. The van der Waals surface area contributed by atoms with Crippen LogP contribution in [0.4, 0.5) is 10.1 Å². The fourth-order valence-electron chi connectivity index (χ4n) is 3.37.